The van der Waals surface area contributed by atoms with E-state index in [0.717, 1.165) is 0 Å². The molecule has 0 radical (unpaired) electrons. The maximum absolute atomic E-state index is 11.9. The Morgan fingerprint density at radius 1 is 1.35 bits per heavy atom. The van der Waals surface area contributed by atoms with Crippen LogP contribution in [-0.4, -0.2) is 28.1 Å². The van der Waals surface area contributed by atoms with Gasteiger partial charge in [-0.15, -0.1) is 0 Å². The molecular weight excluding hydrogens is 260 g/mol. The summed E-state index contributed by atoms with van der Waals surface area (Å²) in [5, 5.41) is 2.69. The topological polar surface area (TPSA) is 99.2 Å². The fourth-order valence-corrected chi connectivity index (χ4v) is 1.52. The number of hydrogen-bond donors (Lipinski definition) is 2. The first-order valence-electron chi connectivity index (χ1n) is 5.96. The monoisotopic (exact) mass is 274 g/mol. The van der Waals surface area contributed by atoms with Gasteiger partial charge in [-0.1, -0.05) is 12.1 Å². The molecule has 7 nitrogen and oxygen atoms in total. The van der Waals surface area contributed by atoms with Gasteiger partial charge in [0.15, 0.2) is 0 Å². The molecule has 0 unspecified atom stereocenters. The van der Waals surface area contributed by atoms with E-state index in [0.29, 0.717) is 11.4 Å². The lowest BCUT2D eigenvalue weighted by atomic mass is 10.3. The predicted octanol–water partition coefficient (Wildman–Crippen LogP) is 1.22. The number of carbonyl (C=O) groups excluding carboxylic acids is 2. The summed E-state index contributed by atoms with van der Waals surface area (Å²) in [6, 6.07) is 6.59. The second kappa shape index (κ2) is 6.37. The van der Waals surface area contributed by atoms with Crippen LogP contribution in [0.15, 0.2) is 43.0 Å². The van der Waals surface area contributed by atoms with Gasteiger partial charge in [-0.25, -0.2) is 9.78 Å². The summed E-state index contributed by atoms with van der Waals surface area (Å²) in [7, 11) is 0. The number of imidazole rings is 1. The zero-order valence-corrected chi connectivity index (χ0v) is 10.7. The number of nitrogens with one attached hydrogen (secondary N) is 1. The van der Waals surface area contributed by atoms with Crippen LogP contribution in [0.3, 0.4) is 0 Å². The Balaban J connectivity index is 2.04. The molecule has 0 saturated carbocycles. The van der Waals surface area contributed by atoms with Crippen LogP contribution >= 0.6 is 0 Å². The highest BCUT2D eigenvalue weighted by Crippen LogP contribution is 2.23. The number of para-hydroxylation sites is 2. The Hall–Kier alpha value is -2.83. The lowest BCUT2D eigenvalue weighted by Gasteiger charge is -2.11. The minimum atomic E-state index is -0.440. The van der Waals surface area contributed by atoms with Crippen LogP contribution in [0.2, 0.25) is 0 Å². The summed E-state index contributed by atoms with van der Waals surface area (Å²) >= 11 is 0. The van der Waals surface area contributed by atoms with Gasteiger partial charge in [0.1, 0.15) is 12.1 Å². The highest BCUT2D eigenvalue weighted by atomic mass is 16.5. The van der Waals surface area contributed by atoms with Gasteiger partial charge in [-0.3, -0.25) is 9.36 Å². The van der Waals surface area contributed by atoms with Gasteiger partial charge in [-0.2, -0.15) is 0 Å². The third-order valence-corrected chi connectivity index (χ3v) is 2.47. The lowest BCUT2D eigenvalue weighted by Crippen LogP contribution is -2.19. The first-order chi connectivity index (χ1) is 9.66. The fraction of sp³-hybridized carbons (Fsp3) is 0.154. The average Bonchev–Trinajstić information content (AvgIpc) is 2.94. The Kier molecular flexibility index (Phi) is 4.33. The number of primary amides is 1. The average molecular weight is 274 g/mol. The summed E-state index contributed by atoms with van der Waals surface area (Å²) in [6.07, 6.45) is 4.55. The molecule has 1 aromatic heterocycles. The number of carbonyl (C=O) groups is 2. The molecule has 0 fully saturated rings. The number of nitrogens with zero attached hydrogens (tertiary/aromatic N) is 2. The summed E-state index contributed by atoms with van der Waals surface area (Å²) in [4.78, 5) is 26.4. The van der Waals surface area contributed by atoms with Crippen LogP contribution in [0, 0.1) is 0 Å². The van der Waals surface area contributed by atoms with Crippen molar-refractivity contribution >= 4 is 17.6 Å². The minimum Gasteiger partial charge on any atom is -0.491 e. The molecule has 3 N–H and O–H groups in total. The Labute approximate surface area is 115 Å². The Morgan fingerprint density at radius 2 is 2.15 bits per heavy atom. The first kappa shape index (κ1) is 13.6. The van der Waals surface area contributed by atoms with E-state index in [1.807, 2.05) is 0 Å². The van der Waals surface area contributed by atoms with E-state index >= 15 is 0 Å². The predicted molar refractivity (Wildman–Crippen MR) is 72.4 cm³/mol. The normalized spacial score (nSPS) is 10.0. The fourth-order valence-electron chi connectivity index (χ4n) is 1.52. The van der Waals surface area contributed by atoms with Gasteiger partial charge in [0, 0.05) is 12.4 Å². The summed E-state index contributed by atoms with van der Waals surface area (Å²) in [6.45, 7) is 0.160. The van der Waals surface area contributed by atoms with Crippen LogP contribution in [0.5, 0.6) is 5.75 Å². The van der Waals surface area contributed by atoms with E-state index in [-0.39, 0.29) is 19.1 Å². The first-order valence-corrected chi connectivity index (χ1v) is 5.96. The van der Waals surface area contributed by atoms with Crippen molar-refractivity contribution in [1.29, 1.82) is 0 Å². The highest BCUT2D eigenvalue weighted by Gasteiger charge is 2.09. The SMILES string of the molecule is NC(=O)CCOc1ccccc1NC(=O)n1ccnc1. The molecule has 0 aliphatic rings. The Morgan fingerprint density at radius 3 is 2.85 bits per heavy atom. The summed E-state index contributed by atoms with van der Waals surface area (Å²) in [5.74, 6) is 0.0344. The molecule has 20 heavy (non-hydrogen) atoms. The van der Waals surface area contributed by atoms with Crippen molar-refractivity contribution in [1.82, 2.24) is 9.55 Å². The number of rotatable bonds is 5. The van der Waals surface area contributed by atoms with Gasteiger partial charge in [0.25, 0.3) is 0 Å². The standard InChI is InChI=1S/C13H14N4O3/c14-12(18)5-8-20-11-4-2-1-3-10(11)16-13(19)17-7-6-15-9-17/h1-4,6-7,9H,5,8H2,(H2,14,18)(H,16,19). The lowest BCUT2D eigenvalue weighted by molar-refractivity contribution is -0.118. The number of benzene rings is 1. The molecule has 0 spiro atoms. The van der Waals surface area contributed by atoms with E-state index in [4.69, 9.17) is 10.5 Å². The van der Waals surface area contributed by atoms with Crippen molar-refractivity contribution in [3.63, 3.8) is 0 Å². The molecule has 2 aromatic rings. The van der Waals surface area contributed by atoms with Crippen LogP contribution in [0.25, 0.3) is 0 Å². The van der Waals surface area contributed by atoms with Gasteiger partial charge in [-0.05, 0) is 12.1 Å². The van der Waals surface area contributed by atoms with Crippen molar-refractivity contribution in [3.05, 3.63) is 43.0 Å². The maximum Gasteiger partial charge on any atom is 0.331 e. The smallest absolute Gasteiger partial charge is 0.331 e. The zero-order chi connectivity index (χ0) is 14.4. The molecule has 0 aliphatic heterocycles. The number of nitrogens with two attached hydrogens (primary N) is 1. The van der Waals surface area contributed by atoms with Crippen LogP contribution < -0.4 is 15.8 Å². The van der Waals surface area contributed by atoms with E-state index < -0.39 is 5.91 Å². The molecule has 104 valence electrons. The quantitative estimate of drug-likeness (QED) is 0.856. The minimum absolute atomic E-state index is 0.115. The zero-order valence-electron chi connectivity index (χ0n) is 10.7. The molecule has 1 aromatic carbocycles. The largest absolute Gasteiger partial charge is 0.491 e. The van der Waals surface area contributed by atoms with Gasteiger partial charge >= 0.3 is 6.03 Å². The molecule has 0 saturated heterocycles. The number of anilines is 1. The number of ether oxygens (including phenoxy) is 1. The van der Waals surface area contributed by atoms with E-state index in [1.54, 1.807) is 24.3 Å². The third-order valence-electron chi connectivity index (χ3n) is 2.47. The molecule has 7 heteroatoms. The number of amides is 2. The molecular formula is C13H14N4O3. The van der Waals surface area contributed by atoms with Crippen molar-refractivity contribution in [2.45, 2.75) is 6.42 Å². The van der Waals surface area contributed by atoms with Crippen LogP contribution in [0.1, 0.15) is 6.42 Å². The maximum atomic E-state index is 11.9. The molecule has 2 rings (SSSR count). The van der Waals surface area contributed by atoms with Gasteiger partial charge in [0.2, 0.25) is 5.91 Å². The molecule has 2 amide bonds. The van der Waals surface area contributed by atoms with Crippen LogP contribution in [-0.2, 0) is 4.79 Å². The summed E-state index contributed by atoms with van der Waals surface area (Å²) in [5.41, 5.74) is 5.55. The van der Waals surface area contributed by atoms with Gasteiger partial charge in [0.05, 0.1) is 18.7 Å². The van der Waals surface area contributed by atoms with Gasteiger partial charge < -0.3 is 15.8 Å². The second-order valence-electron chi connectivity index (χ2n) is 3.96. The van der Waals surface area contributed by atoms with E-state index in [1.165, 1.54) is 23.3 Å². The molecule has 0 aliphatic carbocycles. The van der Waals surface area contributed by atoms with E-state index in [2.05, 4.69) is 10.3 Å². The van der Waals surface area contributed by atoms with E-state index in [9.17, 15) is 9.59 Å². The van der Waals surface area contributed by atoms with Crippen molar-refractivity contribution in [2.75, 3.05) is 11.9 Å². The third kappa shape index (κ3) is 3.58. The highest BCUT2D eigenvalue weighted by molar-refractivity contribution is 5.92. The number of hydrogen-bond acceptors (Lipinski definition) is 4. The van der Waals surface area contributed by atoms with Crippen molar-refractivity contribution in [3.8, 4) is 5.75 Å². The molecule has 0 bridgehead atoms. The second-order valence-corrected chi connectivity index (χ2v) is 3.96. The van der Waals surface area contributed by atoms with Crippen molar-refractivity contribution < 1.29 is 14.3 Å². The van der Waals surface area contributed by atoms with Crippen molar-refractivity contribution in [2.24, 2.45) is 5.73 Å². The molecule has 0 atom stereocenters. The summed E-state index contributed by atoms with van der Waals surface area (Å²) < 4.78 is 6.73. The number of aromatic nitrogens is 2. The van der Waals surface area contributed by atoms with Crippen LogP contribution in [0.4, 0.5) is 10.5 Å². The molecule has 1 heterocycles. The Bertz CT molecular complexity index is 595.